The van der Waals surface area contributed by atoms with Gasteiger partial charge in [0.15, 0.2) is 0 Å². The summed E-state index contributed by atoms with van der Waals surface area (Å²) >= 11 is 0.975. The first kappa shape index (κ1) is 20.2. The highest BCUT2D eigenvalue weighted by Gasteiger charge is 2.34. The summed E-state index contributed by atoms with van der Waals surface area (Å²) in [7, 11) is 0. The van der Waals surface area contributed by atoms with Crippen molar-refractivity contribution < 1.29 is 14.4 Å². The lowest BCUT2D eigenvalue weighted by Gasteiger charge is -2.19. The molecule has 3 amide bonds. The molecule has 7 heteroatoms. The van der Waals surface area contributed by atoms with Gasteiger partial charge in [-0.25, -0.2) is 0 Å². The number of likely N-dealkylation sites (N-methyl/N-ethyl adjacent to an activating group) is 1. The molecule has 148 valence electrons. The van der Waals surface area contributed by atoms with Gasteiger partial charge in [-0.1, -0.05) is 25.1 Å². The molecule has 0 N–H and O–H groups in total. The molecule has 0 atom stereocenters. The normalized spacial score (nSPS) is 15.8. The number of aromatic nitrogens is 1. The van der Waals surface area contributed by atoms with Gasteiger partial charge < -0.3 is 9.47 Å². The molecule has 1 fully saturated rings. The molecule has 3 rings (SSSR count). The topological polar surface area (TPSA) is 62.6 Å². The fraction of sp³-hybridized carbons (Fsp3) is 0.381. The minimum atomic E-state index is -0.243. The molecule has 1 aliphatic heterocycles. The third-order valence-electron chi connectivity index (χ3n) is 4.85. The Morgan fingerprint density at radius 3 is 2.54 bits per heavy atom. The predicted molar refractivity (Wildman–Crippen MR) is 113 cm³/mol. The minimum Gasteiger partial charge on any atom is -0.342 e. The van der Waals surface area contributed by atoms with Gasteiger partial charge in [-0.2, -0.15) is 0 Å². The first-order valence-electron chi connectivity index (χ1n) is 9.61. The molecule has 2 heterocycles. The van der Waals surface area contributed by atoms with Gasteiger partial charge in [0, 0.05) is 42.3 Å². The first-order chi connectivity index (χ1) is 13.5. The molecule has 1 aliphatic rings. The van der Waals surface area contributed by atoms with Crippen LogP contribution in [0, 0.1) is 0 Å². The summed E-state index contributed by atoms with van der Waals surface area (Å²) in [6, 6.07) is 7.79. The second-order valence-electron chi connectivity index (χ2n) is 6.63. The van der Waals surface area contributed by atoms with Gasteiger partial charge in [-0.3, -0.25) is 19.3 Å². The Hall–Kier alpha value is -2.54. The van der Waals surface area contributed by atoms with E-state index in [2.05, 4.69) is 0 Å². The highest BCUT2D eigenvalue weighted by atomic mass is 32.2. The molecule has 0 bridgehead atoms. The van der Waals surface area contributed by atoms with Crippen LogP contribution in [0.2, 0.25) is 0 Å². The van der Waals surface area contributed by atoms with Crippen LogP contribution in [0.5, 0.6) is 0 Å². The van der Waals surface area contributed by atoms with Gasteiger partial charge in [0.05, 0.1) is 4.91 Å². The third-order valence-corrected chi connectivity index (χ3v) is 5.76. The maximum atomic E-state index is 12.6. The number of imide groups is 1. The van der Waals surface area contributed by atoms with E-state index in [0.717, 1.165) is 34.6 Å². The number of carbonyl (C=O) groups is 3. The van der Waals surface area contributed by atoms with Crippen molar-refractivity contribution in [1.82, 2.24) is 14.4 Å². The van der Waals surface area contributed by atoms with E-state index in [1.54, 1.807) is 11.0 Å². The summed E-state index contributed by atoms with van der Waals surface area (Å²) in [5.41, 5.74) is 1.77. The van der Waals surface area contributed by atoms with Gasteiger partial charge in [-0.15, -0.1) is 0 Å². The molecule has 0 saturated carbocycles. The summed E-state index contributed by atoms with van der Waals surface area (Å²) < 4.78 is 1.91. The Bertz CT molecular complexity index is 944. The maximum absolute atomic E-state index is 12.6. The Kier molecular flexibility index (Phi) is 6.24. The standard InChI is InChI=1S/C21H25N3O3S/c1-4-11-24-20(26)18(28-21(24)27)12-15-13-23(14-19(25)22(5-2)6-3)17-10-8-7-9-16(15)17/h7-10,12-13H,4-6,11,14H2,1-3H3/b18-12-. The molecular weight excluding hydrogens is 374 g/mol. The monoisotopic (exact) mass is 399 g/mol. The second kappa shape index (κ2) is 8.65. The molecule has 2 aromatic rings. The molecule has 1 aromatic heterocycles. The van der Waals surface area contributed by atoms with Crippen LogP contribution >= 0.6 is 11.8 Å². The molecule has 28 heavy (non-hydrogen) atoms. The van der Waals surface area contributed by atoms with Gasteiger partial charge in [0.25, 0.3) is 11.1 Å². The molecule has 0 radical (unpaired) electrons. The largest absolute Gasteiger partial charge is 0.342 e. The number of nitrogens with zero attached hydrogens (tertiary/aromatic N) is 3. The van der Waals surface area contributed by atoms with Crippen molar-refractivity contribution in [1.29, 1.82) is 0 Å². The van der Waals surface area contributed by atoms with E-state index in [1.165, 1.54) is 4.90 Å². The highest BCUT2D eigenvalue weighted by Crippen LogP contribution is 2.34. The van der Waals surface area contributed by atoms with Gasteiger partial charge in [0.2, 0.25) is 5.91 Å². The SMILES string of the molecule is CCCN1C(=O)S/C(=C\c2cn(CC(=O)N(CC)CC)c3ccccc23)C1=O. The molecule has 6 nitrogen and oxygen atoms in total. The molecule has 0 unspecified atom stereocenters. The van der Waals surface area contributed by atoms with Crippen LogP contribution in [0.3, 0.4) is 0 Å². The summed E-state index contributed by atoms with van der Waals surface area (Å²) in [4.78, 5) is 40.7. The van der Waals surface area contributed by atoms with Crippen LogP contribution in [0.25, 0.3) is 17.0 Å². The number of hydrogen-bond acceptors (Lipinski definition) is 4. The van der Waals surface area contributed by atoms with Gasteiger partial charge >= 0.3 is 0 Å². The van der Waals surface area contributed by atoms with Gasteiger partial charge in [-0.05, 0) is 44.2 Å². The lowest BCUT2D eigenvalue weighted by molar-refractivity contribution is -0.131. The van der Waals surface area contributed by atoms with Crippen molar-refractivity contribution in [3.63, 3.8) is 0 Å². The van der Waals surface area contributed by atoms with Crippen molar-refractivity contribution in [2.24, 2.45) is 0 Å². The summed E-state index contributed by atoms with van der Waals surface area (Å²) in [6.45, 7) is 7.89. The number of rotatable bonds is 7. The van der Waals surface area contributed by atoms with E-state index in [-0.39, 0.29) is 23.6 Å². The van der Waals surface area contributed by atoms with Crippen molar-refractivity contribution in [3.8, 4) is 0 Å². The lowest BCUT2D eigenvalue weighted by Crippen LogP contribution is -2.33. The van der Waals surface area contributed by atoms with Crippen LogP contribution in [-0.4, -0.2) is 51.1 Å². The number of amides is 3. The lowest BCUT2D eigenvalue weighted by atomic mass is 10.1. The summed E-state index contributed by atoms with van der Waals surface area (Å²) in [5, 5.41) is 0.732. The van der Waals surface area contributed by atoms with E-state index < -0.39 is 0 Å². The zero-order valence-electron chi connectivity index (χ0n) is 16.5. The fourth-order valence-electron chi connectivity index (χ4n) is 3.40. The molecule has 1 aromatic carbocycles. The predicted octanol–water partition coefficient (Wildman–Crippen LogP) is 3.96. The molecule has 0 aliphatic carbocycles. The average Bonchev–Trinajstić information content (AvgIpc) is 3.16. The van der Waals surface area contributed by atoms with Crippen LogP contribution in [0.1, 0.15) is 32.8 Å². The van der Waals surface area contributed by atoms with Crippen molar-refractivity contribution in [2.45, 2.75) is 33.7 Å². The van der Waals surface area contributed by atoms with E-state index in [4.69, 9.17) is 0 Å². The smallest absolute Gasteiger partial charge is 0.293 e. The van der Waals surface area contributed by atoms with Gasteiger partial charge in [0.1, 0.15) is 6.54 Å². The number of thioether (sulfide) groups is 1. The Morgan fingerprint density at radius 1 is 1.14 bits per heavy atom. The summed E-state index contributed by atoms with van der Waals surface area (Å²) in [6.07, 6.45) is 4.39. The zero-order chi connectivity index (χ0) is 20.3. The van der Waals surface area contributed by atoms with Crippen LogP contribution in [-0.2, 0) is 16.1 Å². The van der Waals surface area contributed by atoms with Crippen molar-refractivity contribution >= 4 is 45.8 Å². The Balaban J connectivity index is 1.96. The van der Waals surface area contributed by atoms with Crippen molar-refractivity contribution in [3.05, 3.63) is 40.9 Å². The minimum absolute atomic E-state index is 0.0561. The average molecular weight is 400 g/mol. The fourth-order valence-corrected chi connectivity index (χ4v) is 4.26. The molecule has 1 saturated heterocycles. The van der Waals surface area contributed by atoms with E-state index in [1.807, 2.05) is 55.8 Å². The van der Waals surface area contributed by atoms with E-state index >= 15 is 0 Å². The van der Waals surface area contributed by atoms with Crippen LogP contribution < -0.4 is 0 Å². The molecule has 0 spiro atoms. The Morgan fingerprint density at radius 2 is 1.86 bits per heavy atom. The first-order valence-corrected chi connectivity index (χ1v) is 10.4. The molecular formula is C21H25N3O3S. The second-order valence-corrected chi connectivity index (χ2v) is 7.62. The van der Waals surface area contributed by atoms with Crippen LogP contribution in [0.4, 0.5) is 4.79 Å². The summed E-state index contributed by atoms with van der Waals surface area (Å²) in [5.74, 6) is -0.187. The van der Waals surface area contributed by atoms with Crippen molar-refractivity contribution in [2.75, 3.05) is 19.6 Å². The number of fused-ring (bicyclic) bond motifs is 1. The number of benzene rings is 1. The number of carbonyl (C=O) groups excluding carboxylic acids is 3. The third kappa shape index (κ3) is 3.85. The Labute approximate surface area is 169 Å². The van der Waals surface area contributed by atoms with E-state index in [9.17, 15) is 14.4 Å². The number of para-hydroxylation sites is 1. The maximum Gasteiger partial charge on any atom is 0.293 e. The number of hydrogen-bond donors (Lipinski definition) is 0. The zero-order valence-corrected chi connectivity index (χ0v) is 17.3. The quantitative estimate of drug-likeness (QED) is 0.661. The van der Waals surface area contributed by atoms with Crippen LogP contribution in [0.15, 0.2) is 35.4 Å². The van der Waals surface area contributed by atoms with E-state index in [0.29, 0.717) is 24.5 Å². The highest BCUT2D eigenvalue weighted by molar-refractivity contribution is 8.18.